The van der Waals surface area contributed by atoms with Crippen LogP contribution in [-0.2, 0) is 0 Å². The first kappa shape index (κ1) is 8.53. The summed E-state index contributed by atoms with van der Waals surface area (Å²) in [6.07, 6.45) is 0. The summed E-state index contributed by atoms with van der Waals surface area (Å²) >= 11 is -2.05. The van der Waals surface area contributed by atoms with Gasteiger partial charge in [0.05, 0.1) is 0 Å². The second-order valence-electron chi connectivity index (χ2n) is 2.16. The fourth-order valence-electron chi connectivity index (χ4n) is 0.832. The Hall–Kier alpha value is 0.436. The molecule has 0 radical (unpaired) electrons. The molecule has 0 amide bonds. The van der Waals surface area contributed by atoms with Crippen molar-refractivity contribution in [2.75, 3.05) is 0 Å². The van der Waals surface area contributed by atoms with Crippen LogP contribution in [0.2, 0.25) is 0 Å². The van der Waals surface area contributed by atoms with Crippen LogP contribution in [0.15, 0.2) is 24.3 Å². The van der Waals surface area contributed by atoms with E-state index in [-0.39, 0.29) is 0 Å². The summed E-state index contributed by atoms with van der Waals surface area (Å²) in [4.78, 5) is 0. The molecule has 0 aromatic heterocycles. The third kappa shape index (κ3) is 1.96. The van der Waals surface area contributed by atoms with Gasteiger partial charge in [0.25, 0.3) is 0 Å². The zero-order valence-electron chi connectivity index (χ0n) is 5.64. The maximum absolute atomic E-state index is 5.86. The molecule has 0 aliphatic rings. The molecular formula is C7H7Cl2Ga. The normalized spacial score (nSPS) is 9.50. The van der Waals surface area contributed by atoms with E-state index < -0.39 is 14.2 Å². The van der Waals surface area contributed by atoms with E-state index in [4.69, 9.17) is 19.3 Å². The average Bonchev–Trinajstić information content (AvgIpc) is 1.88. The van der Waals surface area contributed by atoms with Gasteiger partial charge in [0.15, 0.2) is 0 Å². The summed E-state index contributed by atoms with van der Waals surface area (Å²) in [6.45, 7) is 2.04. The summed E-state index contributed by atoms with van der Waals surface area (Å²) in [5.74, 6) is 0. The number of halogens is 2. The molecular weight excluding hydrogens is 225 g/mol. The average molecular weight is 232 g/mol. The van der Waals surface area contributed by atoms with Crippen molar-refractivity contribution in [2.24, 2.45) is 0 Å². The summed E-state index contributed by atoms with van der Waals surface area (Å²) in [6, 6.07) is 8.03. The Labute approximate surface area is 74.2 Å². The van der Waals surface area contributed by atoms with Gasteiger partial charge in [-0.15, -0.1) is 0 Å². The second-order valence-corrected chi connectivity index (χ2v) is 10.4. The number of benzene rings is 1. The van der Waals surface area contributed by atoms with Crippen LogP contribution in [-0.4, -0.2) is 14.2 Å². The first-order valence-corrected chi connectivity index (χ1v) is 10.6. The Kier molecular flexibility index (Phi) is 3.17. The third-order valence-electron chi connectivity index (χ3n) is 1.42. The Bertz CT molecular complexity index is 223. The molecule has 52 valence electrons. The summed E-state index contributed by atoms with van der Waals surface area (Å²) in [7, 11) is 11.7. The molecule has 0 bridgehead atoms. The van der Waals surface area contributed by atoms with Gasteiger partial charge in [-0.05, 0) is 0 Å². The molecule has 3 heteroatoms. The minimum absolute atomic E-state index is 1.18. The Morgan fingerprint density at radius 2 is 1.80 bits per heavy atom. The van der Waals surface area contributed by atoms with E-state index in [2.05, 4.69) is 0 Å². The van der Waals surface area contributed by atoms with Gasteiger partial charge in [-0.1, -0.05) is 0 Å². The monoisotopic (exact) mass is 230 g/mol. The van der Waals surface area contributed by atoms with Gasteiger partial charge in [-0.25, -0.2) is 0 Å². The van der Waals surface area contributed by atoms with Crippen molar-refractivity contribution in [2.45, 2.75) is 6.92 Å². The maximum atomic E-state index is 5.86. The van der Waals surface area contributed by atoms with Gasteiger partial charge in [0, 0.05) is 0 Å². The number of hydrogen-bond donors (Lipinski definition) is 0. The summed E-state index contributed by atoms with van der Waals surface area (Å²) in [5, 5.41) is 0. The molecule has 0 saturated heterocycles. The predicted octanol–water partition coefficient (Wildman–Crippen LogP) is 2.17. The van der Waals surface area contributed by atoms with E-state index in [0.29, 0.717) is 0 Å². The van der Waals surface area contributed by atoms with E-state index in [1.54, 1.807) is 0 Å². The van der Waals surface area contributed by atoms with Crippen LogP contribution in [0.1, 0.15) is 5.56 Å². The topological polar surface area (TPSA) is 0 Å². The molecule has 0 saturated carbocycles. The quantitative estimate of drug-likeness (QED) is 0.650. The first-order valence-electron chi connectivity index (χ1n) is 3.05. The van der Waals surface area contributed by atoms with Gasteiger partial charge in [-0.3, -0.25) is 0 Å². The van der Waals surface area contributed by atoms with Crippen molar-refractivity contribution in [3.05, 3.63) is 29.8 Å². The van der Waals surface area contributed by atoms with Crippen LogP contribution < -0.4 is 4.12 Å². The molecule has 0 spiro atoms. The van der Waals surface area contributed by atoms with Gasteiger partial charge >= 0.3 is 74.4 Å². The molecule has 0 N–H and O–H groups in total. The SMILES string of the molecule is Cc1cccc[c]1[Ga]([Cl])[Cl]. The fourth-order valence-corrected chi connectivity index (χ4v) is 4.84. The Balaban J connectivity index is 3.03. The van der Waals surface area contributed by atoms with Crippen LogP contribution in [0, 0.1) is 6.92 Å². The molecule has 0 aliphatic carbocycles. The van der Waals surface area contributed by atoms with Crippen LogP contribution in [0.4, 0.5) is 0 Å². The molecule has 10 heavy (non-hydrogen) atoms. The van der Waals surface area contributed by atoms with Gasteiger partial charge in [-0.2, -0.15) is 0 Å². The van der Waals surface area contributed by atoms with E-state index in [9.17, 15) is 0 Å². The second kappa shape index (κ2) is 3.72. The molecule has 1 aromatic rings. The van der Waals surface area contributed by atoms with Crippen molar-refractivity contribution >= 4 is 37.6 Å². The van der Waals surface area contributed by atoms with Gasteiger partial charge in [0.1, 0.15) is 0 Å². The summed E-state index contributed by atoms with van der Waals surface area (Å²) in [5.41, 5.74) is 1.22. The number of hydrogen-bond acceptors (Lipinski definition) is 0. The van der Waals surface area contributed by atoms with Crippen LogP contribution in [0.3, 0.4) is 0 Å². The number of aryl methyl sites for hydroxylation is 1. The van der Waals surface area contributed by atoms with Crippen molar-refractivity contribution in [3.8, 4) is 0 Å². The van der Waals surface area contributed by atoms with Crippen molar-refractivity contribution in [1.29, 1.82) is 0 Å². The van der Waals surface area contributed by atoms with Crippen LogP contribution in [0.5, 0.6) is 0 Å². The zero-order chi connectivity index (χ0) is 7.56. The van der Waals surface area contributed by atoms with Crippen LogP contribution in [0.25, 0.3) is 0 Å². The molecule has 0 fully saturated rings. The Morgan fingerprint density at radius 3 is 2.20 bits per heavy atom. The van der Waals surface area contributed by atoms with Gasteiger partial charge in [0.2, 0.25) is 0 Å². The van der Waals surface area contributed by atoms with Crippen LogP contribution >= 0.6 is 19.3 Å². The van der Waals surface area contributed by atoms with Crippen molar-refractivity contribution < 1.29 is 0 Å². The predicted molar refractivity (Wildman–Crippen MR) is 48.3 cm³/mol. The molecule has 1 rings (SSSR count). The van der Waals surface area contributed by atoms with E-state index in [1.165, 1.54) is 9.68 Å². The third-order valence-corrected chi connectivity index (χ3v) is 6.21. The van der Waals surface area contributed by atoms with E-state index in [1.807, 2.05) is 31.2 Å². The molecule has 0 unspecified atom stereocenters. The van der Waals surface area contributed by atoms with Crippen molar-refractivity contribution in [1.82, 2.24) is 0 Å². The molecule has 0 atom stereocenters. The fraction of sp³-hybridized carbons (Fsp3) is 0.143. The molecule has 0 aliphatic heterocycles. The van der Waals surface area contributed by atoms with Gasteiger partial charge < -0.3 is 0 Å². The minimum atomic E-state index is -2.05. The first-order chi connectivity index (χ1) is 4.72. The van der Waals surface area contributed by atoms with E-state index in [0.717, 1.165) is 0 Å². The number of rotatable bonds is 1. The molecule has 0 heterocycles. The standard InChI is InChI=1S/C7H7.2ClH.Ga/c1-7-5-3-2-4-6-7;;;/h2-5H,1H3;2*1H;/q;;;+2/p-2. The summed E-state index contributed by atoms with van der Waals surface area (Å²) < 4.78 is 1.18. The molecule has 0 nitrogen and oxygen atoms in total. The van der Waals surface area contributed by atoms with E-state index >= 15 is 0 Å². The Morgan fingerprint density at radius 1 is 1.20 bits per heavy atom. The molecule has 1 aromatic carbocycles. The van der Waals surface area contributed by atoms with Crippen molar-refractivity contribution in [3.63, 3.8) is 0 Å². The zero-order valence-corrected chi connectivity index (χ0v) is 9.58.